The van der Waals surface area contributed by atoms with E-state index in [9.17, 15) is 0 Å². The smallest absolute Gasteiger partial charge is 0.128 e. The number of fused-ring (bicyclic) bond motifs is 1. The molecule has 0 atom stereocenters. The second-order valence-electron chi connectivity index (χ2n) is 3.90. The van der Waals surface area contributed by atoms with E-state index in [-0.39, 0.29) is 0 Å². The van der Waals surface area contributed by atoms with E-state index < -0.39 is 0 Å². The molecule has 3 nitrogen and oxygen atoms in total. The van der Waals surface area contributed by atoms with Crippen LogP contribution in [0.2, 0.25) is 0 Å². The Hall–Kier alpha value is -1.48. The lowest BCUT2D eigenvalue weighted by atomic mass is 10.2. The van der Waals surface area contributed by atoms with E-state index in [1.807, 2.05) is 12.1 Å². The molecule has 2 aromatic rings. The molecule has 0 bridgehead atoms. The maximum atomic E-state index is 5.50. The average molecular weight is 218 g/mol. The molecule has 86 valence electrons. The molecule has 3 heteroatoms. The number of nitrogens with zero attached hydrogens (tertiary/aromatic N) is 1. The van der Waals surface area contributed by atoms with E-state index >= 15 is 0 Å². The minimum Gasteiger partial charge on any atom is -0.496 e. The monoisotopic (exact) mass is 218 g/mol. The van der Waals surface area contributed by atoms with Gasteiger partial charge in [-0.25, -0.2) is 0 Å². The van der Waals surface area contributed by atoms with Crippen molar-refractivity contribution in [3.63, 3.8) is 0 Å². The van der Waals surface area contributed by atoms with Gasteiger partial charge in [0.1, 0.15) is 5.75 Å². The number of hydrogen-bond donors (Lipinski definition) is 1. The summed E-state index contributed by atoms with van der Waals surface area (Å²) in [5.41, 5.74) is 6.73. The summed E-state index contributed by atoms with van der Waals surface area (Å²) in [4.78, 5) is 0. The molecule has 1 aromatic heterocycles. The van der Waals surface area contributed by atoms with Gasteiger partial charge in [0.15, 0.2) is 0 Å². The van der Waals surface area contributed by atoms with Crippen molar-refractivity contribution in [2.75, 3.05) is 13.7 Å². The first-order valence-corrected chi connectivity index (χ1v) is 5.68. The molecule has 0 saturated carbocycles. The normalized spacial score (nSPS) is 10.9. The van der Waals surface area contributed by atoms with Crippen molar-refractivity contribution in [3.8, 4) is 5.75 Å². The van der Waals surface area contributed by atoms with Crippen LogP contribution in [0.3, 0.4) is 0 Å². The van der Waals surface area contributed by atoms with Gasteiger partial charge in [0.2, 0.25) is 0 Å². The third kappa shape index (κ3) is 2.04. The fourth-order valence-corrected chi connectivity index (χ4v) is 1.99. The quantitative estimate of drug-likeness (QED) is 0.783. The Morgan fingerprint density at radius 3 is 2.88 bits per heavy atom. The lowest BCUT2D eigenvalue weighted by Gasteiger charge is -2.06. The zero-order chi connectivity index (χ0) is 11.4. The number of methoxy groups -OCH3 is 1. The van der Waals surface area contributed by atoms with Gasteiger partial charge in [-0.15, -0.1) is 0 Å². The van der Waals surface area contributed by atoms with Crippen LogP contribution in [0, 0.1) is 0 Å². The van der Waals surface area contributed by atoms with Crippen molar-refractivity contribution in [2.45, 2.75) is 19.4 Å². The van der Waals surface area contributed by atoms with Crippen molar-refractivity contribution < 1.29 is 4.74 Å². The minimum absolute atomic E-state index is 0.766. The SMILES string of the molecule is COc1cccc2c1ccn2CCCCN. The van der Waals surface area contributed by atoms with E-state index in [1.165, 1.54) is 10.9 Å². The van der Waals surface area contributed by atoms with Crippen LogP contribution in [0.15, 0.2) is 30.5 Å². The number of hydrogen-bond acceptors (Lipinski definition) is 2. The Morgan fingerprint density at radius 1 is 1.25 bits per heavy atom. The third-order valence-corrected chi connectivity index (χ3v) is 2.85. The van der Waals surface area contributed by atoms with Gasteiger partial charge in [-0.2, -0.15) is 0 Å². The fourth-order valence-electron chi connectivity index (χ4n) is 1.99. The summed E-state index contributed by atoms with van der Waals surface area (Å²) in [6.07, 6.45) is 4.31. The molecule has 16 heavy (non-hydrogen) atoms. The number of aromatic nitrogens is 1. The van der Waals surface area contributed by atoms with Crippen molar-refractivity contribution in [2.24, 2.45) is 5.73 Å². The second kappa shape index (κ2) is 5.03. The van der Waals surface area contributed by atoms with Gasteiger partial charge in [-0.1, -0.05) is 6.07 Å². The Bertz CT molecular complexity index is 462. The average Bonchev–Trinajstić information content (AvgIpc) is 2.73. The highest BCUT2D eigenvalue weighted by Crippen LogP contribution is 2.26. The number of nitrogens with two attached hydrogens (primary N) is 1. The zero-order valence-electron chi connectivity index (χ0n) is 9.65. The maximum Gasteiger partial charge on any atom is 0.128 e. The van der Waals surface area contributed by atoms with Crippen molar-refractivity contribution >= 4 is 10.9 Å². The van der Waals surface area contributed by atoms with Gasteiger partial charge in [-0.05, 0) is 37.6 Å². The van der Waals surface area contributed by atoms with Crippen LogP contribution in [0.4, 0.5) is 0 Å². The van der Waals surface area contributed by atoms with Crippen LogP contribution in [-0.2, 0) is 6.54 Å². The van der Waals surface area contributed by atoms with Gasteiger partial charge in [0.25, 0.3) is 0 Å². The second-order valence-corrected chi connectivity index (χ2v) is 3.90. The summed E-state index contributed by atoms with van der Waals surface area (Å²) >= 11 is 0. The molecule has 2 rings (SSSR count). The Morgan fingerprint density at radius 2 is 2.12 bits per heavy atom. The number of benzene rings is 1. The van der Waals surface area contributed by atoms with Crippen molar-refractivity contribution in [1.82, 2.24) is 4.57 Å². The number of rotatable bonds is 5. The minimum atomic E-state index is 0.766. The molecule has 1 heterocycles. The lowest BCUT2D eigenvalue weighted by Crippen LogP contribution is -2.02. The van der Waals surface area contributed by atoms with Gasteiger partial charge >= 0.3 is 0 Å². The standard InChI is InChI=1S/C13H18N2O/c1-16-13-6-4-5-12-11(13)7-10-15(12)9-3-2-8-14/h4-7,10H,2-3,8-9,14H2,1H3. The number of ether oxygens (including phenoxy) is 1. The molecule has 0 aliphatic rings. The number of aryl methyl sites for hydroxylation is 1. The molecule has 2 N–H and O–H groups in total. The van der Waals surface area contributed by atoms with Gasteiger partial charge in [-0.3, -0.25) is 0 Å². The first-order chi connectivity index (χ1) is 7.86. The zero-order valence-corrected chi connectivity index (χ0v) is 9.65. The highest BCUT2D eigenvalue weighted by molar-refractivity contribution is 5.86. The van der Waals surface area contributed by atoms with Crippen LogP contribution >= 0.6 is 0 Å². The van der Waals surface area contributed by atoms with Crippen LogP contribution in [0.25, 0.3) is 10.9 Å². The number of unbranched alkanes of at least 4 members (excludes halogenated alkanes) is 1. The molecule has 0 fully saturated rings. The first kappa shape index (κ1) is 11.0. The third-order valence-electron chi connectivity index (χ3n) is 2.85. The Kier molecular flexibility index (Phi) is 3.47. The summed E-state index contributed by atoms with van der Waals surface area (Å²) in [5, 5.41) is 1.18. The summed E-state index contributed by atoms with van der Waals surface area (Å²) in [5.74, 6) is 0.940. The van der Waals surface area contributed by atoms with Crippen LogP contribution in [-0.4, -0.2) is 18.2 Å². The largest absolute Gasteiger partial charge is 0.496 e. The summed E-state index contributed by atoms with van der Waals surface area (Å²) in [7, 11) is 1.71. The topological polar surface area (TPSA) is 40.2 Å². The molecule has 0 aliphatic carbocycles. The van der Waals surface area contributed by atoms with Gasteiger partial charge in [0.05, 0.1) is 12.6 Å². The maximum absolute atomic E-state index is 5.50. The highest BCUT2D eigenvalue weighted by Gasteiger charge is 2.04. The predicted octanol–water partition coefficient (Wildman–Crippen LogP) is 2.39. The van der Waals surface area contributed by atoms with E-state index in [2.05, 4.69) is 22.9 Å². The van der Waals surface area contributed by atoms with Crippen molar-refractivity contribution in [1.29, 1.82) is 0 Å². The molecular weight excluding hydrogens is 200 g/mol. The molecule has 0 radical (unpaired) electrons. The highest BCUT2D eigenvalue weighted by atomic mass is 16.5. The van der Waals surface area contributed by atoms with E-state index in [4.69, 9.17) is 10.5 Å². The fraction of sp³-hybridized carbons (Fsp3) is 0.385. The summed E-state index contributed by atoms with van der Waals surface area (Å²) in [6, 6.07) is 8.25. The van der Waals surface area contributed by atoms with Crippen LogP contribution < -0.4 is 10.5 Å². The van der Waals surface area contributed by atoms with Crippen molar-refractivity contribution in [3.05, 3.63) is 30.5 Å². The Balaban J connectivity index is 2.27. The summed E-state index contributed by atoms with van der Waals surface area (Å²) in [6.45, 7) is 1.79. The Labute approximate surface area is 95.8 Å². The molecule has 0 amide bonds. The van der Waals surface area contributed by atoms with E-state index in [0.29, 0.717) is 0 Å². The molecule has 0 saturated heterocycles. The first-order valence-electron chi connectivity index (χ1n) is 5.68. The predicted molar refractivity (Wildman–Crippen MR) is 66.8 cm³/mol. The van der Waals surface area contributed by atoms with Gasteiger partial charge < -0.3 is 15.0 Å². The molecule has 0 unspecified atom stereocenters. The van der Waals surface area contributed by atoms with Gasteiger partial charge in [0, 0.05) is 18.1 Å². The lowest BCUT2D eigenvalue weighted by molar-refractivity contribution is 0.420. The molecule has 1 aromatic carbocycles. The van der Waals surface area contributed by atoms with Crippen LogP contribution in [0.1, 0.15) is 12.8 Å². The van der Waals surface area contributed by atoms with Crippen LogP contribution in [0.5, 0.6) is 5.75 Å². The molecule has 0 spiro atoms. The summed E-state index contributed by atoms with van der Waals surface area (Å²) < 4.78 is 7.59. The van der Waals surface area contributed by atoms with E-state index in [0.717, 1.165) is 31.7 Å². The van der Waals surface area contributed by atoms with E-state index in [1.54, 1.807) is 7.11 Å². The molecular formula is C13H18N2O. The molecule has 0 aliphatic heterocycles.